The molecule has 6 nitrogen and oxygen atoms in total. The highest BCUT2D eigenvalue weighted by atomic mass is 16.5. The number of amides is 2. The second-order valence-corrected chi connectivity index (χ2v) is 6.95. The third-order valence-electron chi connectivity index (χ3n) is 4.80. The third kappa shape index (κ3) is 5.74. The van der Waals surface area contributed by atoms with Crippen LogP contribution in [0, 0.1) is 0 Å². The fraction of sp³-hybridized carbons (Fsp3) is 0.364. The number of aromatic hydroxyl groups is 1. The zero-order chi connectivity index (χ0) is 19.8. The molecule has 2 aromatic rings. The summed E-state index contributed by atoms with van der Waals surface area (Å²) in [6, 6.07) is 16.0. The molecule has 1 saturated heterocycles. The number of carbonyl (C=O) groups excluding carboxylic acids is 2. The minimum Gasteiger partial charge on any atom is -0.508 e. The lowest BCUT2D eigenvalue weighted by atomic mass is 10.0. The summed E-state index contributed by atoms with van der Waals surface area (Å²) in [5.74, 6) is 0.837. The molecule has 2 N–H and O–H groups in total. The van der Waals surface area contributed by atoms with E-state index >= 15 is 0 Å². The van der Waals surface area contributed by atoms with Gasteiger partial charge in [-0.2, -0.15) is 0 Å². The predicted molar refractivity (Wildman–Crippen MR) is 106 cm³/mol. The molecule has 2 aromatic carbocycles. The van der Waals surface area contributed by atoms with E-state index in [4.69, 9.17) is 4.74 Å². The molecule has 28 heavy (non-hydrogen) atoms. The Labute approximate surface area is 165 Å². The molecule has 0 radical (unpaired) electrons. The molecule has 2 amide bonds. The van der Waals surface area contributed by atoms with Crippen LogP contribution in [0.3, 0.4) is 0 Å². The number of nitrogens with one attached hydrogen (secondary N) is 1. The van der Waals surface area contributed by atoms with Crippen molar-refractivity contribution in [3.8, 4) is 11.5 Å². The average Bonchev–Trinajstić information content (AvgIpc) is 2.72. The molecule has 0 atom stereocenters. The van der Waals surface area contributed by atoms with Gasteiger partial charge in [-0.05, 0) is 49.6 Å². The first kappa shape index (κ1) is 19.7. The number of piperidine rings is 1. The Morgan fingerprint density at radius 2 is 1.82 bits per heavy atom. The first-order valence-electron chi connectivity index (χ1n) is 9.67. The minimum atomic E-state index is -0.0845. The van der Waals surface area contributed by atoms with Crippen LogP contribution in [0.2, 0.25) is 0 Å². The Morgan fingerprint density at radius 3 is 2.54 bits per heavy atom. The molecular formula is C22H26N2O4. The maximum atomic E-state index is 12.5. The molecule has 1 fully saturated rings. The van der Waals surface area contributed by atoms with E-state index in [0.717, 1.165) is 18.6 Å². The maximum absolute atomic E-state index is 12.5. The highest BCUT2D eigenvalue weighted by Crippen LogP contribution is 2.17. The zero-order valence-electron chi connectivity index (χ0n) is 15.8. The van der Waals surface area contributed by atoms with Gasteiger partial charge in [-0.15, -0.1) is 0 Å². The van der Waals surface area contributed by atoms with E-state index in [0.29, 0.717) is 38.1 Å². The van der Waals surface area contributed by atoms with Crippen LogP contribution in [0.15, 0.2) is 54.6 Å². The van der Waals surface area contributed by atoms with E-state index in [1.807, 2.05) is 30.3 Å². The van der Waals surface area contributed by atoms with Crippen molar-refractivity contribution >= 4 is 11.8 Å². The summed E-state index contributed by atoms with van der Waals surface area (Å²) < 4.78 is 5.60. The monoisotopic (exact) mass is 382 g/mol. The summed E-state index contributed by atoms with van der Waals surface area (Å²) in [5.41, 5.74) is 0.487. The first-order valence-corrected chi connectivity index (χ1v) is 9.67. The Balaban J connectivity index is 1.34. The molecule has 1 heterocycles. The van der Waals surface area contributed by atoms with Crippen LogP contribution in [0.1, 0.15) is 36.0 Å². The van der Waals surface area contributed by atoms with Crippen molar-refractivity contribution in [3.05, 3.63) is 60.2 Å². The molecular weight excluding hydrogens is 356 g/mol. The number of hydrogen-bond acceptors (Lipinski definition) is 4. The first-order chi connectivity index (χ1) is 13.6. The van der Waals surface area contributed by atoms with E-state index < -0.39 is 0 Å². The van der Waals surface area contributed by atoms with Gasteiger partial charge in [-0.3, -0.25) is 9.59 Å². The smallest absolute Gasteiger partial charge is 0.253 e. The van der Waals surface area contributed by atoms with Gasteiger partial charge in [-0.25, -0.2) is 0 Å². The molecule has 0 unspecified atom stereocenters. The number of nitrogens with zero attached hydrogens (tertiary/aromatic N) is 1. The summed E-state index contributed by atoms with van der Waals surface area (Å²) >= 11 is 0. The second-order valence-electron chi connectivity index (χ2n) is 6.95. The van der Waals surface area contributed by atoms with Gasteiger partial charge in [0.2, 0.25) is 5.91 Å². The summed E-state index contributed by atoms with van der Waals surface area (Å²) in [4.78, 5) is 26.4. The van der Waals surface area contributed by atoms with E-state index in [9.17, 15) is 14.7 Å². The molecule has 6 heteroatoms. The van der Waals surface area contributed by atoms with Crippen LogP contribution in [0.5, 0.6) is 11.5 Å². The zero-order valence-corrected chi connectivity index (χ0v) is 15.8. The Hall–Kier alpha value is -3.02. The quantitative estimate of drug-likeness (QED) is 0.722. The topological polar surface area (TPSA) is 78.9 Å². The summed E-state index contributed by atoms with van der Waals surface area (Å²) in [7, 11) is 0. The molecule has 1 aliphatic rings. The summed E-state index contributed by atoms with van der Waals surface area (Å²) in [5, 5.41) is 12.6. The highest BCUT2D eigenvalue weighted by Gasteiger charge is 2.24. The number of likely N-dealkylation sites (tertiary alicyclic amines) is 1. The van der Waals surface area contributed by atoms with Gasteiger partial charge in [0, 0.05) is 31.1 Å². The summed E-state index contributed by atoms with van der Waals surface area (Å²) in [6.45, 7) is 1.70. The van der Waals surface area contributed by atoms with Crippen LogP contribution in [0.25, 0.3) is 0 Å². The van der Waals surface area contributed by atoms with Gasteiger partial charge in [0.05, 0.1) is 6.61 Å². The molecule has 1 aliphatic heterocycles. The normalized spacial score (nSPS) is 14.5. The van der Waals surface area contributed by atoms with Gasteiger partial charge < -0.3 is 20.1 Å². The molecule has 0 bridgehead atoms. The maximum Gasteiger partial charge on any atom is 0.253 e. The number of hydrogen-bond donors (Lipinski definition) is 2. The van der Waals surface area contributed by atoms with Gasteiger partial charge in [0.1, 0.15) is 11.5 Å². The lowest BCUT2D eigenvalue weighted by Gasteiger charge is -2.32. The van der Waals surface area contributed by atoms with Crippen LogP contribution in [-0.4, -0.2) is 47.6 Å². The fourth-order valence-electron chi connectivity index (χ4n) is 3.29. The number of para-hydroxylation sites is 1. The van der Waals surface area contributed by atoms with Crippen molar-refractivity contribution in [2.45, 2.75) is 31.7 Å². The Morgan fingerprint density at radius 1 is 1.07 bits per heavy atom. The highest BCUT2D eigenvalue weighted by molar-refractivity contribution is 5.94. The second kappa shape index (κ2) is 9.78. The third-order valence-corrected chi connectivity index (χ3v) is 4.80. The average molecular weight is 382 g/mol. The van der Waals surface area contributed by atoms with E-state index in [2.05, 4.69) is 5.32 Å². The van der Waals surface area contributed by atoms with E-state index in [-0.39, 0.29) is 23.6 Å². The molecule has 0 aromatic heterocycles. The largest absolute Gasteiger partial charge is 0.508 e. The SMILES string of the molecule is O=C(CCCOc1ccccc1)NC1CCN(C(=O)c2cccc(O)c2)CC1. The Kier molecular flexibility index (Phi) is 6.89. The van der Waals surface area contributed by atoms with Gasteiger partial charge >= 0.3 is 0 Å². The number of carbonyl (C=O) groups is 2. The number of ether oxygens (including phenoxy) is 1. The van der Waals surface area contributed by atoms with Crippen LogP contribution >= 0.6 is 0 Å². The summed E-state index contributed by atoms with van der Waals surface area (Å²) in [6.07, 6.45) is 2.55. The van der Waals surface area contributed by atoms with Crippen molar-refractivity contribution in [2.75, 3.05) is 19.7 Å². The van der Waals surface area contributed by atoms with Crippen LogP contribution in [-0.2, 0) is 4.79 Å². The molecule has 0 saturated carbocycles. The van der Waals surface area contributed by atoms with E-state index in [1.54, 1.807) is 23.1 Å². The van der Waals surface area contributed by atoms with Crippen molar-refractivity contribution < 1.29 is 19.4 Å². The number of rotatable bonds is 7. The van der Waals surface area contributed by atoms with Crippen molar-refractivity contribution in [1.29, 1.82) is 0 Å². The van der Waals surface area contributed by atoms with Crippen molar-refractivity contribution in [3.63, 3.8) is 0 Å². The van der Waals surface area contributed by atoms with Gasteiger partial charge in [0.15, 0.2) is 0 Å². The molecule has 0 aliphatic carbocycles. The standard InChI is InChI=1S/C22H26N2O4/c25-19-7-4-6-17(16-19)22(27)24-13-11-18(12-14-24)23-21(26)10-5-15-28-20-8-2-1-3-9-20/h1-4,6-9,16,18,25H,5,10-15H2,(H,23,26). The van der Waals surface area contributed by atoms with Crippen molar-refractivity contribution in [1.82, 2.24) is 10.2 Å². The molecule has 3 rings (SSSR count). The minimum absolute atomic E-state index is 0.0226. The molecule has 148 valence electrons. The number of phenols is 1. The number of benzene rings is 2. The van der Waals surface area contributed by atoms with Gasteiger partial charge in [0.25, 0.3) is 5.91 Å². The van der Waals surface area contributed by atoms with E-state index in [1.165, 1.54) is 6.07 Å². The lowest BCUT2D eigenvalue weighted by Crippen LogP contribution is -2.46. The Bertz CT molecular complexity index is 786. The number of phenolic OH excluding ortho intramolecular Hbond substituents is 1. The fourth-order valence-corrected chi connectivity index (χ4v) is 3.29. The van der Waals surface area contributed by atoms with Gasteiger partial charge in [-0.1, -0.05) is 24.3 Å². The lowest BCUT2D eigenvalue weighted by molar-refractivity contribution is -0.122. The predicted octanol–water partition coefficient (Wildman–Crippen LogP) is 2.97. The van der Waals surface area contributed by atoms with Crippen molar-refractivity contribution in [2.24, 2.45) is 0 Å². The molecule has 0 spiro atoms. The van der Waals surface area contributed by atoms with Crippen LogP contribution < -0.4 is 10.1 Å². The van der Waals surface area contributed by atoms with Crippen LogP contribution in [0.4, 0.5) is 0 Å².